The topological polar surface area (TPSA) is 72.8 Å². The number of aliphatic hydroxyl groups excluding tert-OH is 1. The van der Waals surface area contributed by atoms with E-state index in [9.17, 15) is 8.42 Å². The highest BCUT2D eigenvalue weighted by Crippen LogP contribution is 2.33. The molecule has 0 aliphatic rings. The Kier molecular flexibility index (Phi) is 34.6. The van der Waals surface area contributed by atoms with Crippen LogP contribution in [-0.2, 0) is 18.8 Å². The molecule has 0 saturated heterocycles. The lowest BCUT2D eigenvalue weighted by atomic mass is 9.80. The minimum atomic E-state index is -4.07. The van der Waals surface area contributed by atoms with E-state index in [1.807, 2.05) is 0 Å². The number of unbranched alkanes of at least 4 members (excludes halogenated alkanes) is 24. The van der Waals surface area contributed by atoms with Gasteiger partial charge in [0.1, 0.15) is 0 Å². The van der Waals surface area contributed by atoms with Gasteiger partial charge in [0.2, 0.25) is 0 Å². The predicted octanol–water partition coefficient (Wildman–Crippen LogP) is 13.1. The summed E-state index contributed by atoms with van der Waals surface area (Å²) in [5.74, 6) is 0. The molecule has 0 amide bonds. The van der Waals surface area contributed by atoms with Crippen LogP contribution < -0.4 is 0 Å². The van der Waals surface area contributed by atoms with Crippen molar-refractivity contribution in [3.05, 3.63) is 24.3 Å². The van der Waals surface area contributed by atoms with Gasteiger partial charge in [-0.25, -0.2) is 8.37 Å². The zero-order valence-corrected chi connectivity index (χ0v) is 32.4. The van der Waals surface area contributed by atoms with Gasteiger partial charge in [-0.05, 0) is 69.6 Å². The van der Waals surface area contributed by atoms with Gasteiger partial charge >= 0.3 is 10.4 Å². The minimum absolute atomic E-state index is 0.150. The molecule has 1 N–H and O–H groups in total. The van der Waals surface area contributed by atoms with Gasteiger partial charge in [-0.1, -0.05) is 173 Å². The highest BCUT2D eigenvalue weighted by atomic mass is 32.3. The van der Waals surface area contributed by atoms with Gasteiger partial charge in [0.25, 0.3) is 0 Å². The van der Waals surface area contributed by atoms with Crippen LogP contribution >= 0.6 is 0 Å². The summed E-state index contributed by atoms with van der Waals surface area (Å²) < 4.78 is 34.3. The molecular weight excluding hydrogens is 605 g/mol. The monoisotopic (exact) mass is 685 g/mol. The first kappa shape index (κ1) is 46.3. The fourth-order valence-electron chi connectivity index (χ4n) is 6.26. The van der Waals surface area contributed by atoms with Crippen LogP contribution in [0, 0.1) is 5.41 Å². The van der Waals surface area contributed by atoms with E-state index in [1.54, 1.807) is 0 Å². The third-order valence-corrected chi connectivity index (χ3v) is 10.3. The van der Waals surface area contributed by atoms with Crippen molar-refractivity contribution in [2.45, 2.75) is 213 Å². The maximum atomic E-state index is 12.1. The molecular formula is C41H80O5S. The fraction of sp³-hybridized carbons (Fsp3) is 0.902. The molecule has 0 spiro atoms. The molecule has 5 nitrogen and oxygen atoms in total. The van der Waals surface area contributed by atoms with Crippen LogP contribution in [0.2, 0.25) is 0 Å². The van der Waals surface area contributed by atoms with Crippen molar-refractivity contribution in [2.24, 2.45) is 5.41 Å². The molecule has 0 rings (SSSR count). The lowest BCUT2D eigenvalue weighted by Crippen LogP contribution is -2.26. The number of rotatable bonds is 38. The maximum absolute atomic E-state index is 12.1. The van der Waals surface area contributed by atoms with Crippen molar-refractivity contribution >= 4 is 10.4 Å². The van der Waals surface area contributed by atoms with Gasteiger partial charge in [-0.3, -0.25) is 0 Å². The molecule has 0 bridgehead atoms. The third-order valence-electron chi connectivity index (χ3n) is 9.45. The Labute approximate surface area is 294 Å². The van der Waals surface area contributed by atoms with Gasteiger partial charge in [0.15, 0.2) is 0 Å². The van der Waals surface area contributed by atoms with Gasteiger partial charge in [0, 0.05) is 0 Å². The lowest BCUT2D eigenvalue weighted by molar-refractivity contribution is 0.107. The molecule has 0 aliphatic heterocycles. The average molecular weight is 685 g/mol. The molecule has 6 heteroatoms. The Morgan fingerprint density at radius 2 is 0.809 bits per heavy atom. The van der Waals surface area contributed by atoms with E-state index in [4.69, 9.17) is 13.5 Å². The predicted molar refractivity (Wildman–Crippen MR) is 204 cm³/mol. The number of hydrogen-bond acceptors (Lipinski definition) is 5. The number of hydrogen-bond donors (Lipinski definition) is 1. The largest absolute Gasteiger partial charge is 0.399 e. The summed E-state index contributed by atoms with van der Waals surface area (Å²) in [5, 5.41) is 8.92. The van der Waals surface area contributed by atoms with Crippen molar-refractivity contribution in [2.75, 3.05) is 19.8 Å². The first-order chi connectivity index (χ1) is 22.9. The molecule has 0 aromatic heterocycles. The Bertz CT molecular complexity index is 750. The van der Waals surface area contributed by atoms with Gasteiger partial charge in [-0.2, -0.15) is 8.42 Å². The smallest absolute Gasteiger partial charge is 0.394 e. The van der Waals surface area contributed by atoms with Crippen LogP contribution in [0.4, 0.5) is 0 Å². The fourth-order valence-corrected chi connectivity index (χ4v) is 7.03. The van der Waals surface area contributed by atoms with Crippen LogP contribution in [0.3, 0.4) is 0 Å². The molecule has 0 heterocycles. The quantitative estimate of drug-likeness (QED) is 0.0517. The number of allylic oxidation sites excluding steroid dienone is 4. The summed E-state index contributed by atoms with van der Waals surface area (Å²) in [6, 6.07) is 0. The van der Waals surface area contributed by atoms with Crippen LogP contribution in [0.15, 0.2) is 24.3 Å². The van der Waals surface area contributed by atoms with Crippen LogP contribution in [0.25, 0.3) is 0 Å². The standard InChI is InChI=1S/C41H80O5S/c1-4-6-8-10-12-14-16-18-20-22-24-26-28-30-32-34-36-41(3,40-46-47(43,44)45-39-38-42)37-35-33-31-29-27-25-23-21-19-17-15-13-11-9-7-5-2/h18-21,42H,4-17,22-40H2,1-3H3. The molecule has 47 heavy (non-hydrogen) atoms. The van der Waals surface area contributed by atoms with Crippen molar-refractivity contribution in [1.82, 2.24) is 0 Å². The molecule has 0 atom stereocenters. The maximum Gasteiger partial charge on any atom is 0.399 e. The van der Waals surface area contributed by atoms with Gasteiger partial charge < -0.3 is 5.11 Å². The van der Waals surface area contributed by atoms with Gasteiger partial charge in [-0.15, -0.1) is 0 Å². The van der Waals surface area contributed by atoms with Crippen molar-refractivity contribution in [1.29, 1.82) is 0 Å². The van der Waals surface area contributed by atoms with Crippen LogP contribution in [-0.4, -0.2) is 33.3 Å². The Balaban J connectivity index is 4.13. The van der Waals surface area contributed by atoms with E-state index < -0.39 is 10.4 Å². The molecule has 0 aliphatic carbocycles. The van der Waals surface area contributed by atoms with Crippen molar-refractivity contribution in [3.63, 3.8) is 0 Å². The molecule has 0 fully saturated rings. The summed E-state index contributed by atoms with van der Waals surface area (Å²) in [7, 11) is -4.07. The molecule has 0 saturated carbocycles. The van der Waals surface area contributed by atoms with Gasteiger partial charge in [0.05, 0.1) is 19.8 Å². The van der Waals surface area contributed by atoms with Crippen molar-refractivity contribution in [3.8, 4) is 0 Å². The number of aliphatic hydroxyl groups is 1. The molecule has 0 radical (unpaired) electrons. The summed E-state index contributed by atoms with van der Waals surface area (Å²) >= 11 is 0. The zero-order valence-electron chi connectivity index (χ0n) is 31.6. The van der Waals surface area contributed by atoms with E-state index in [1.165, 1.54) is 167 Å². The summed E-state index contributed by atoms with van der Waals surface area (Å²) in [6.07, 6.45) is 47.5. The average Bonchev–Trinajstić information content (AvgIpc) is 3.06. The normalized spacial score (nSPS) is 13.7. The van der Waals surface area contributed by atoms with E-state index in [-0.39, 0.29) is 25.2 Å². The third kappa shape index (κ3) is 35.0. The Hall–Kier alpha value is -0.690. The first-order valence-electron chi connectivity index (χ1n) is 20.3. The Morgan fingerprint density at radius 1 is 0.489 bits per heavy atom. The SMILES string of the molecule is CCCCCCCCC=CCCCCCCCCC(C)(CCCCCCCCC=CCCCCCCCC)COS(=O)(=O)OCCO. The van der Waals surface area contributed by atoms with E-state index >= 15 is 0 Å². The van der Waals surface area contributed by atoms with E-state index in [0.717, 1.165) is 25.7 Å². The summed E-state index contributed by atoms with van der Waals surface area (Å²) in [6.45, 7) is 6.26. The molecule has 280 valence electrons. The lowest BCUT2D eigenvalue weighted by Gasteiger charge is -2.29. The highest BCUT2D eigenvalue weighted by Gasteiger charge is 2.27. The molecule has 0 aromatic rings. The zero-order chi connectivity index (χ0) is 34.6. The molecule has 0 aromatic carbocycles. The summed E-state index contributed by atoms with van der Waals surface area (Å²) in [4.78, 5) is 0. The summed E-state index contributed by atoms with van der Waals surface area (Å²) in [5.41, 5.74) is -0.183. The minimum Gasteiger partial charge on any atom is -0.394 e. The second-order valence-electron chi connectivity index (χ2n) is 14.4. The van der Waals surface area contributed by atoms with Crippen molar-refractivity contribution < 1.29 is 21.9 Å². The highest BCUT2D eigenvalue weighted by molar-refractivity contribution is 7.81. The Morgan fingerprint density at radius 3 is 1.15 bits per heavy atom. The second-order valence-corrected chi connectivity index (χ2v) is 15.7. The van der Waals surface area contributed by atoms with Crippen LogP contribution in [0.5, 0.6) is 0 Å². The van der Waals surface area contributed by atoms with E-state index in [0.29, 0.717) is 0 Å². The second kappa shape index (κ2) is 35.1. The van der Waals surface area contributed by atoms with E-state index in [2.05, 4.69) is 45.1 Å². The van der Waals surface area contributed by atoms with Crippen LogP contribution in [0.1, 0.15) is 213 Å². The first-order valence-corrected chi connectivity index (χ1v) is 21.7. The molecule has 0 unspecified atom stereocenters.